The number of pyridine rings is 1. The quantitative estimate of drug-likeness (QED) is 0.292. The highest BCUT2D eigenvalue weighted by atomic mass is 35.5. The van der Waals surface area contributed by atoms with Crippen LogP contribution in [0, 0.1) is 6.92 Å². The van der Waals surface area contributed by atoms with Crippen molar-refractivity contribution in [2.24, 2.45) is 0 Å². The van der Waals surface area contributed by atoms with E-state index in [1.165, 1.54) is 24.5 Å². The van der Waals surface area contributed by atoms with E-state index in [-0.39, 0.29) is 22.0 Å². The maximum absolute atomic E-state index is 13.0. The fourth-order valence-electron chi connectivity index (χ4n) is 4.25. The van der Waals surface area contributed by atoms with Crippen LogP contribution in [0.15, 0.2) is 94.9 Å². The van der Waals surface area contributed by atoms with Crippen LogP contribution in [0.1, 0.15) is 11.4 Å². The van der Waals surface area contributed by atoms with Crippen molar-refractivity contribution in [3.8, 4) is 22.6 Å². The third-order valence-corrected chi connectivity index (χ3v) is 8.01. The van der Waals surface area contributed by atoms with Crippen LogP contribution >= 0.6 is 11.6 Å². The van der Waals surface area contributed by atoms with Crippen molar-refractivity contribution in [2.45, 2.75) is 17.6 Å². The van der Waals surface area contributed by atoms with E-state index in [9.17, 15) is 13.2 Å². The Balaban J connectivity index is 1.56. The Morgan fingerprint density at radius 2 is 1.65 bits per heavy atom. The molecule has 0 amide bonds. The number of rotatable bonds is 6. The number of aryl methyl sites for hydroxylation is 1. The number of hydrogen-bond donors (Lipinski definition) is 0. The Morgan fingerprint density at radius 1 is 0.919 bits per heavy atom. The van der Waals surface area contributed by atoms with Crippen LogP contribution in [-0.4, -0.2) is 30.1 Å². The van der Waals surface area contributed by atoms with Crippen LogP contribution in [0.5, 0.6) is 5.75 Å². The van der Waals surface area contributed by atoms with E-state index < -0.39 is 9.84 Å². The molecule has 0 aliphatic heterocycles. The Kier molecular flexibility index (Phi) is 6.54. The van der Waals surface area contributed by atoms with E-state index in [0.29, 0.717) is 27.4 Å². The van der Waals surface area contributed by atoms with Gasteiger partial charge in [-0.05, 0) is 78.2 Å². The second kappa shape index (κ2) is 9.80. The van der Waals surface area contributed by atoms with Gasteiger partial charge in [-0.3, -0.25) is 9.36 Å². The lowest BCUT2D eigenvalue weighted by Gasteiger charge is -2.15. The number of methoxy groups -OCH3 is 1. The highest BCUT2D eigenvalue weighted by Gasteiger charge is 2.19. The van der Waals surface area contributed by atoms with Crippen LogP contribution in [-0.2, 0) is 15.6 Å². The van der Waals surface area contributed by atoms with Crippen LogP contribution < -0.4 is 10.3 Å². The summed E-state index contributed by atoms with van der Waals surface area (Å²) in [5, 5.41) is 1.15. The molecule has 5 aromatic rings. The summed E-state index contributed by atoms with van der Waals surface area (Å²) in [7, 11) is -2.11. The number of nitrogens with zero attached hydrogens (tertiary/aromatic N) is 3. The first-order chi connectivity index (χ1) is 17.8. The van der Waals surface area contributed by atoms with Crippen LogP contribution in [0.25, 0.3) is 27.7 Å². The summed E-state index contributed by atoms with van der Waals surface area (Å²) in [5.74, 6) is 0.493. The summed E-state index contributed by atoms with van der Waals surface area (Å²) in [6.07, 6.45) is 3.02. The minimum Gasteiger partial charge on any atom is -0.495 e. The number of halogens is 1. The summed E-state index contributed by atoms with van der Waals surface area (Å²) >= 11 is 6.17. The van der Waals surface area contributed by atoms with E-state index in [4.69, 9.17) is 16.3 Å². The third-order valence-electron chi connectivity index (χ3n) is 6.09. The van der Waals surface area contributed by atoms with Crippen molar-refractivity contribution < 1.29 is 13.2 Å². The molecule has 186 valence electrons. The van der Waals surface area contributed by atoms with E-state index in [1.807, 2.05) is 37.3 Å². The molecule has 9 heteroatoms. The summed E-state index contributed by atoms with van der Waals surface area (Å²) < 4.78 is 32.9. The lowest BCUT2D eigenvalue weighted by Crippen LogP contribution is -2.18. The Bertz CT molecular complexity index is 1800. The van der Waals surface area contributed by atoms with Crippen molar-refractivity contribution in [1.82, 2.24) is 14.5 Å². The zero-order chi connectivity index (χ0) is 26.2. The fourth-order valence-corrected chi connectivity index (χ4v) is 5.68. The van der Waals surface area contributed by atoms with Gasteiger partial charge in [-0.25, -0.2) is 18.4 Å². The monoisotopic (exact) mass is 531 g/mol. The van der Waals surface area contributed by atoms with Gasteiger partial charge in [0.25, 0.3) is 5.56 Å². The van der Waals surface area contributed by atoms with Crippen LogP contribution in [0.2, 0.25) is 5.02 Å². The van der Waals surface area contributed by atoms with Crippen molar-refractivity contribution >= 4 is 32.3 Å². The third kappa shape index (κ3) is 4.85. The van der Waals surface area contributed by atoms with Gasteiger partial charge in [-0.2, -0.15) is 0 Å². The van der Waals surface area contributed by atoms with Gasteiger partial charge < -0.3 is 4.74 Å². The SMILES string of the molecule is COc1cc(-c2ccc(-n3c(=O)ccc4cc(S(=O)(=O)Cc5ncccn5)ccc43)c(C)c2)ccc1Cl. The summed E-state index contributed by atoms with van der Waals surface area (Å²) in [6, 6.07) is 20.8. The van der Waals surface area contributed by atoms with Gasteiger partial charge in [-0.1, -0.05) is 23.7 Å². The Labute approximate surface area is 218 Å². The molecule has 2 heterocycles. The molecule has 0 saturated carbocycles. The van der Waals surface area contributed by atoms with Crippen LogP contribution in [0.4, 0.5) is 0 Å². The second-order valence-electron chi connectivity index (χ2n) is 8.50. The van der Waals surface area contributed by atoms with Crippen molar-refractivity contribution in [3.63, 3.8) is 0 Å². The van der Waals surface area contributed by atoms with Crippen molar-refractivity contribution in [1.29, 1.82) is 0 Å². The van der Waals surface area contributed by atoms with E-state index >= 15 is 0 Å². The summed E-state index contributed by atoms with van der Waals surface area (Å²) in [4.78, 5) is 21.2. The first-order valence-corrected chi connectivity index (χ1v) is 13.4. The van der Waals surface area contributed by atoms with Gasteiger partial charge in [0.2, 0.25) is 0 Å². The van der Waals surface area contributed by atoms with Gasteiger partial charge in [0, 0.05) is 23.8 Å². The molecule has 37 heavy (non-hydrogen) atoms. The molecule has 7 nitrogen and oxygen atoms in total. The maximum Gasteiger partial charge on any atom is 0.255 e. The summed E-state index contributed by atoms with van der Waals surface area (Å²) in [6.45, 7) is 1.93. The molecule has 3 aromatic carbocycles. The fraction of sp³-hybridized carbons (Fsp3) is 0.107. The minimum absolute atomic E-state index is 0.140. The number of hydrogen-bond acceptors (Lipinski definition) is 6. The second-order valence-corrected chi connectivity index (χ2v) is 10.9. The molecule has 0 fully saturated rings. The topological polar surface area (TPSA) is 91.2 Å². The minimum atomic E-state index is -3.68. The Hall–Kier alpha value is -4.01. The Morgan fingerprint density at radius 3 is 2.38 bits per heavy atom. The molecule has 0 aliphatic rings. The highest BCUT2D eigenvalue weighted by molar-refractivity contribution is 7.90. The molecule has 0 spiro atoms. The van der Waals surface area contributed by atoms with Crippen LogP contribution in [0.3, 0.4) is 0 Å². The number of aromatic nitrogens is 3. The predicted octanol–water partition coefficient (Wildman–Crippen LogP) is 5.39. The van der Waals surface area contributed by atoms with Crippen molar-refractivity contribution in [2.75, 3.05) is 7.11 Å². The number of ether oxygens (including phenoxy) is 1. The molecule has 0 unspecified atom stereocenters. The lowest BCUT2D eigenvalue weighted by atomic mass is 10.0. The molecule has 0 bridgehead atoms. The molecule has 0 N–H and O–H groups in total. The summed E-state index contributed by atoms with van der Waals surface area (Å²) in [5.41, 5.74) is 3.84. The molecule has 0 aliphatic carbocycles. The smallest absolute Gasteiger partial charge is 0.255 e. The number of benzene rings is 3. The zero-order valence-corrected chi connectivity index (χ0v) is 21.6. The average Bonchev–Trinajstić information content (AvgIpc) is 2.89. The largest absolute Gasteiger partial charge is 0.495 e. The molecular weight excluding hydrogens is 510 g/mol. The lowest BCUT2D eigenvalue weighted by molar-refractivity contribution is 0.415. The van der Waals surface area contributed by atoms with E-state index in [2.05, 4.69) is 9.97 Å². The molecule has 0 radical (unpaired) electrons. The van der Waals surface area contributed by atoms with Gasteiger partial charge >= 0.3 is 0 Å². The molecular formula is C28H22ClN3O4S. The van der Waals surface area contributed by atoms with Crippen molar-refractivity contribution in [3.05, 3.63) is 112 Å². The first kappa shape index (κ1) is 24.7. The van der Waals surface area contributed by atoms with Gasteiger partial charge in [0.1, 0.15) is 17.3 Å². The number of sulfone groups is 1. The predicted molar refractivity (Wildman–Crippen MR) is 144 cm³/mol. The van der Waals surface area contributed by atoms with Gasteiger partial charge in [-0.15, -0.1) is 0 Å². The molecule has 0 saturated heterocycles. The first-order valence-electron chi connectivity index (χ1n) is 11.4. The average molecular weight is 532 g/mol. The highest BCUT2D eigenvalue weighted by Crippen LogP contribution is 2.32. The van der Waals surface area contributed by atoms with Gasteiger partial charge in [0.05, 0.1) is 28.2 Å². The molecule has 2 aromatic heterocycles. The zero-order valence-electron chi connectivity index (χ0n) is 20.1. The molecule has 0 atom stereocenters. The maximum atomic E-state index is 13.0. The normalized spacial score (nSPS) is 11.5. The molecule has 5 rings (SSSR count). The van der Waals surface area contributed by atoms with E-state index in [1.54, 1.807) is 42.0 Å². The van der Waals surface area contributed by atoms with E-state index in [0.717, 1.165) is 16.7 Å². The standard InChI is InChI=1S/C28H22ClN3O4S/c1-18-14-19(20-4-8-23(29)26(16-20)36-2)5-9-24(18)32-25-10-7-22(15-21(25)6-11-28(32)33)37(34,35)17-27-30-12-3-13-31-27/h3-16H,17H2,1-2H3. The van der Waals surface area contributed by atoms with Gasteiger partial charge in [0.15, 0.2) is 9.84 Å². The number of fused-ring (bicyclic) bond motifs is 1.